The molecular formula is C24H19F4NO3S. The number of sulfonamides is 1. The summed E-state index contributed by atoms with van der Waals surface area (Å²) in [6.07, 6.45) is 2.96. The fraction of sp³-hybridized carbons (Fsp3) is 0.125. The minimum atomic E-state index is -4.77. The summed E-state index contributed by atoms with van der Waals surface area (Å²) >= 11 is 0. The van der Waals surface area contributed by atoms with Gasteiger partial charge >= 0.3 is 0 Å². The Kier molecular flexibility index (Phi) is 7.45. The molecule has 0 aliphatic rings. The van der Waals surface area contributed by atoms with E-state index in [1.165, 1.54) is 13.0 Å². The third kappa shape index (κ3) is 5.74. The van der Waals surface area contributed by atoms with Crippen LogP contribution in [0.5, 0.6) is 0 Å². The first-order valence-electron chi connectivity index (χ1n) is 9.74. The lowest BCUT2D eigenvalue weighted by Crippen LogP contribution is -2.31. The Balaban J connectivity index is 2.01. The first-order chi connectivity index (χ1) is 15.6. The molecule has 0 aliphatic heterocycles. The predicted molar refractivity (Wildman–Crippen MR) is 115 cm³/mol. The van der Waals surface area contributed by atoms with E-state index in [4.69, 9.17) is 0 Å². The van der Waals surface area contributed by atoms with Gasteiger partial charge in [0.25, 0.3) is 0 Å². The third-order valence-corrected chi connectivity index (χ3v) is 6.53. The van der Waals surface area contributed by atoms with E-state index in [0.29, 0.717) is 16.7 Å². The van der Waals surface area contributed by atoms with E-state index >= 15 is 0 Å². The maximum absolute atomic E-state index is 14.4. The number of hydrogen-bond acceptors (Lipinski definition) is 3. The molecule has 0 unspecified atom stereocenters. The predicted octanol–water partition coefficient (Wildman–Crippen LogP) is 5.24. The van der Waals surface area contributed by atoms with Crippen LogP contribution in [0.25, 0.3) is 6.08 Å². The van der Waals surface area contributed by atoms with Crippen LogP contribution in [0.4, 0.5) is 17.6 Å². The van der Waals surface area contributed by atoms with Crippen molar-refractivity contribution in [2.24, 2.45) is 0 Å². The summed E-state index contributed by atoms with van der Waals surface area (Å²) in [6, 6.07) is 15.0. The van der Waals surface area contributed by atoms with Gasteiger partial charge in [0.1, 0.15) is 4.90 Å². The molecule has 0 aliphatic carbocycles. The van der Waals surface area contributed by atoms with Crippen LogP contribution in [-0.4, -0.2) is 18.5 Å². The summed E-state index contributed by atoms with van der Waals surface area (Å²) in [5.74, 6) is -8.23. The van der Waals surface area contributed by atoms with Crippen molar-refractivity contribution in [2.45, 2.75) is 24.9 Å². The van der Waals surface area contributed by atoms with Gasteiger partial charge in [-0.05, 0) is 29.7 Å². The monoisotopic (exact) mass is 477 g/mol. The minimum Gasteiger partial charge on any atom is -0.295 e. The molecule has 9 heteroatoms. The first-order valence-corrected chi connectivity index (χ1v) is 11.2. The van der Waals surface area contributed by atoms with Gasteiger partial charge in [0.15, 0.2) is 29.1 Å². The fourth-order valence-corrected chi connectivity index (χ4v) is 4.53. The second-order valence-corrected chi connectivity index (χ2v) is 9.15. The lowest BCUT2D eigenvalue weighted by Gasteiger charge is -2.23. The van der Waals surface area contributed by atoms with Crippen LogP contribution in [0.3, 0.4) is 0 Å². The molecule has 0 aromatic heterocycles. The normalized spacial score (nSPS) is 11.9. The molecule has 0 atom stereocenters. The number of ketones is 1. The van der Waals surface area contributed by atoms with E-state index in [1.807, 2.05) is 0 Å². The van der Waals surface area contributed by atoms with Gasteiger partial charge in [-0.25, -0.2) is 26.0 Å². The van der Waals surface area contributed by atoms with Crippen molar-refractivity contribution in [3.05, 3.63) is 107 Å². The van der Waals surface area contributed by atoms with Crippen LogP contribution >= 0.6 is 0 Å². The summed E-state index contributed by atoms with van der Waals surface area (Å²) in [6.45, 7) is 0.917. The van der Waals surface area contributed by atoms with E-state index < -0.39 is 38.2 Å². The molecule has 0 saturated heterocycles. The van der Waals surface area contributed by atoms with Crippen molar-refractivity contribution in [3.8, 4) is 0 Å². The number of rotatable bonds is 8. The SMILES string of the molecule is CC(=O)/C=C/c1ccc(CN(Cc2ccccc2)S(=O)(=O)c2cc(F)c(F)c(F)c2F)cc1. The first kappa shape index (κ1) is 24.3. The van der Waals surface area contributed by atoms with Crippen LogP contribution in [-0.2, 0) is 27.9 Å². The summed E-state index contributed by atoms with van der Waals surface area (Å²) < 4.78 is 82.5. The number of allylic oxidation sites excluding steroid dienone is 1. The molecule has 33 heavy (non-hydrogen) atoms. The summed E-state index contributed by atoms with van der Waals surface area (Å²) in [5, 5.41) is 0. The van der Waals surface area contributed by atoms with E-state index in [2.05, 4.69) is 0 Å². The number of hydrogen-bond donors (Lipinski definition) is 0. The zero-order valence-electron chi connectivity index (χ0n) is 17.4. The van der Waals surface area contributed by atoms with Crippen LogP contribution in [0, 0.1) is 23.3 Å². The standard InChI is InChI=1S/C24H19F4NO3S/c1-16(30)7-8-17-9-11-19(12-10-17)15-29(14-18-5-3-2-4-6-18)33(31,32)21-13-20(25)22(26)24(28)23(21)27/h2-13H,14-15H2,1H3/b8-7+. The Bertz CT molecular complexity index is 1290. The van der Waals surface area contributed by atoms with Gasteiger partial charge in [-0.2, -0.15) is 4.31 Å². The number of nitrogens with zero attached hydrogens (tertiary/aromatic N) is 1. The molecule has 0 bridgehead atoms. The van der Waals surface area contributed by atoms with E-state index in [-0.39, 0.29) is 24.9 Å². The van der Waals surface area contributed by atoms with Crippen LogP contribution in [0.2, 0.25) is 0 Å². The van der Waals surface area contributed by atoms with Crippen molar-refractivity contribution >= 4 is 21.9 Å². The third-order valence-electron chi connectivity index (χ3n) is 4.74. The topological polar surface area (TPSA) is 54.5 Å². The second-order valence-electron chi connectivity index (χ2n) is 7.24. The molecule has 0 spiro atoms. The summed E-state index contributed by atoms with van der Waals surface area (Å²) in [7, 11) is -4.77. The summed E-state index contributed by atoms with van der Waals surface area (Å²) in [5.41, 5.74) is 1.74. The Labute approximate surface area is 188 Å². The quantitative estimate of drug-likeness (QED) is 0.193. The highest BCUT2D eigenvalue weighted by Gasteiger charge is 2.32. The van der Waals surface area contributed by atoms with E-state index in [1.54, 1.807) is 60.7 Å². The van der Waals surface area contributed by atoms with Crippen LogP contribution < -0.4 is 0 Å². The van der Waals surface area contributed by atoms with Crippen LogP contribution in [0.1, 0.15) is 23.6 Å². The molecule has 3 rings (SSSR count). The lowest BCUT2D eigenvalue weighted by atomic mass is 10.1. The molecule has 0 heterocycles. The molecule has 0 N–H and O–H groups in total. The van der Waals surface area contributed by atoms with Gasteiger partial charge in [-0.15, -0.1) is 0 Å². The molecule has 0 radical (unpaired) electrons. The fourth-order valence-electron chi connectivity index (χ4n) is 3.04. The van der Waals surface area contributed by atoms with Crippen molar-refractivity contribution < 1.29 is 30.8 Å². The molecule has 4 nitrogen and oxygen atoms in total. The van der Waals surface area contributed by atoms with Crippen molar-refractivity contribution in [3.63, 3.8) is 0 Å². The minimum absolute atomic E-state index is 0.136. The largest absolute Gasteiger partial charge is 0.295 e. The second kappa shape index (κ2) is 10.1. The maximum Gasteiger partial charge on any atom is 0.246 e. The van der Waals surface area contributed by atoms with E-state index in [9.17, 15) is 30.8 Å². The molecular weight excluding hydrogens is 458 g/mol. The average Bonchev–Trinajstić information content (AvgIpc) is 2.79. The maximum atomic E-state index is 14.4. The number of carbonyl (C=O) groups excluding carboxylic acids is 1. The van der Waals surface area contributed by atoms with Gasteiger partial charge in [-0.1, -0.05) is 60.7 Å². The highest BCUT2D eigenvalue weighted by molar-refractivity contribution is 7.89. The molecule has 172 valence electrons. The Morgan fingerprint density at radius 3 is 2.00 bits per heavy atom. The van der Waals surface area contributed by atoms with Crippen molar-refractivity contribution in [2.75, 3.05) is 0 Å². The van der Waals surface area contributed by atoms with E-state index in [0.717, 1.165) is 4.31 Å². The number of benzene rings is 3. The average molecular weight is 477 g/mol. The van der Waals surface area contributed by atoms with Crippen molar-refractivity contribution in [1.82, 2.24) is 4.31 Å². The molecule has 0 saturated carbocycles. The molecule has 3 aromatic carbocycles. The highest BCUT2D eigenvalue weighted by Crippen LogP contribution is 2.27. The van der Waals surface area contributed by atoms with Gasteiger partial charge in [0.05, 0.1) is 0 Å². The van der Waals surface area contributed by atoms with Crippen molar-refractivity contribution in [1.29, 1.82) is 0 Å². The summed E-state index contributed by atoms with van der Waals surface area (Å²) in [4.78, 5) is 9.78. The smallest absolute Gasteiger partial charge is 0.246 e. The zero-order chi connectivity index (χ0) is 24.2. The Morgan fingerprint density at radius 1 is 0.848 bits per heavy atom. The van der Waals surface area contributed by atoms with Gasteiger partial charge in [-0.3, -0.25) is 4.79 Å². The zero-order valence-corrected chi connectivity index (χ0v) is 18.3. The Morgan fingerprint density at radius 2 is 1.42 bits per heavy atom. The number of halogens is 4. The lowest BCUT2D eigenvalue weighted by molar-refractivity contribution is -0.112. The van der Waals surface area contributed by atoms with Gasteiger partial charge in [0.2, 0.25) is 10.0 Å². The van der Waals surface area contributed by atoms with Crippen LogP contribution in [0.15, 0.2) is 71.6 Å². The Hall–Kier alpha value is -3.30. The highest BCUT2D eigenvalue weighted by atomic mass is 32.2. The molecule has 0 fully saturated rings. The van der Waals surface area contributed by atoms with Gasteiger partial charge in [0, 0.05) is 19.2 Å². The molecule has 0 amide bonds. The number of carbonyl (C=O) groups is 1. The molecule has 3 aromatic rings. The van der Waals surface area contributed by atoms with Gasteiger partial charge < -0.3 is 0 Å².